The first-order valence-corrected chi connectivity index (χ1v) is 8.27. The molecular weight excluding hydrogens is 287 g/mol. The molecule has 0 amide bonds. The smallest absolute Gasteiger partial charge is 0.136 e. The fourth-order valence-corrected chi connectivity index (χ4v) is 4.32. The molecule has 2 rings (SSSR count). The fraction of sp³-hybridized carbons (Fsp3) is 0.625. The summed E-state index contributed by atoms with van der Waals surface area (Å²) < 4.78 is 19.8. The minimum Gasteiger partial charge on any atom is -0.369 e. The summed E-state index contributed by atoms with van der Waals surface area (Å²) in [6.07, 6.45) is 0.937. The normalized spacial score (nSPS) is 25.0. The minimum absolute atomic E-state index is 0.0754. The molecule has 118 valence electrons. The number of nitrogens with one attached hydrogen (secondary N) is 1. The lowest BCUT2D eigenvalue weighted by Gasteiger charge is -2.32. The molecular formula is C16H25FN2OS. The monoisotopic (exact) mass is 312 g/mol. The molecule has 1 heterocycles. The third-order valence-electron chi connectivity index (χ3n) is 4.10. The molecule has 1 fully saturated rings. The third kappa shape index (κ3) is 3.97. The molecule has 2 unspecified atom stereocenters. The van der Waals surface area contributed by atoms with Crippen LogP contribution < -0.4 is 11.3 Å². The van der Waals surface area contributed by atoms with Crippen LogP contribution in [-0.2, 0) is 4.74 Å². The highest BCUT2D eigenvalue weighted by molar-refractivity contribution is 7.99. The van der Waals surface area contributed by atoms with E-state index in [2.05, 4.69) is 33.1 Å². The number of hydrazine groups is 1. The largest absolute Gasteiger partial charge is 0.369 e. The Labute approximate surface area is 130 Å². The fourth-order valence-electron chi connectivity index (χ4n) is 3.25. The van der Waals surface area contributed by atoms with E-state index in [4.69, 9.17) is 10.6 Å². The Kier molecular flexibility index (Phi) is 4.98. The Bertz CT molecular complexity index is 493. The van der Waals surface area contributed by atoms with Gasteiger partial charge in [0.1, 0.15) is 5.82 Å². The Balaban J connectivity index is 2.05. The molecule has 21 heavy (non-hydrogen) atoms. The highest BCUT2D eigenvalue weighted by Crippen LogP contribution is 2.44. The van der Waals surface area contributed by atoms with Crippen molar-refractivity contribution >= 4 is 11.8 Å². The summed E-state index contributed by atoms with van der Waals surface area (Å²) in [7, 11) is 0. The Morgan fingerprint density at radius 1 is 1.38 bits per heavy atom. The van der Waals surface area contributed by atoms with Crippen LogP contribution in [0.2, 0.25) is 0 Å². The second-order valence-corrected chi connectivity index (χ2v) is 7.85. The Morgan fingerprint density at radius 3 is 2.57 bits per heavy atom. The number of halogens is 1. The van der Waals surface area contributed by atoms with Crippen molar-refractivity contribution in [1.82, 2.24) is 5.43 Å². The summed E-state index contributed by atoms with van der Waals surface area (Å²) in [5, 5.41) is 0. The van der Waals surface area contributed by atoms with E-state index in [1.54, 1.807) is 12.1 Å². The van der Waals surface area contributed by atoms with Crippen LogP contribution in [0.25, 0.3) is 0 Å². The van der Waals surface area contributed by atoms with Crippen LogP contribution in [0.4, 0.5) is 4.39 Å². The lowest BCUT2D eigenvalue weighted by Crippen LogP contribution is -2.48. The average Bonchev–Trinajstić information content (AvgIpc) is 2.60. The third-order valence-corrected chi connectivity index (χ3v) is 5.27. The first-order valence-electron chi connectivity index (χ1n) is 7.29. The second-order valence-electron chi connectivity index (χ2n) is 6.79. The van der Waals surface area contributed by atoms with Crippen molar-refractivity contribution in [3.63, 3.8) is 0 Å². The number of rotatable bonds is 5. The Morgan fingerprint density at radius 2 is 2.05 bits per heavy atom. The number of benzene rings is 1. The molecule has 2 atom stereocenters. The number of hydrogen-bond donors (Lipinski definition) is 2. The van der Waals surface area contributed by atoms with Gasteiger partial charge in [0.2, 0.25) is 0 Å². The molecule has 1 aliphatic heterocycles. The number of thioether (sulfide) groups is 1. The molecule has 0 radical (unpaired) electrons. The lowest BCUT2D eigenvalue weighted by molar-refractivity contribution is -0.0769. The van der Waals surface area contributed by atoms with Crippen LogP contribution in [-0.4, -0.2) is 23.0 Å². The number of nitrogens with two attached hydrogens (primary N) is 1. The van der Waals surface area contributed by atoms with Crippen molar-refractivity contribution in [2.75, 3.05) is 5.75 Å². The zero-order valence-corrected chi connectivity index (χ0v) is 14.0. The summed E-state index contributed by atoms with van der Waals surface area (Å²) in [5.74, 6) is 6.57. The first-order chi connectivity index (χ1) is 9.75. The summed E-state index contributed by atoms with van der Waals surface area (Å²) in [5.41, 5.74) is 2.52. The summed E-state index contributed by atoms with van der Waals surface area (Å²) >= 11 is 1.49. The van der Waals surface area contributed by atoms with E-state index < -0.39 is 0 Å². The molecule has 1 aromatic rings. The molecule has 0 saturated carbocycles. The van der Waals surface area contributed by atoms with Gasteiger partial charge in [-0.05, 0) is 46.2 Å². The van der Waals surface area contributed by atoms with Gasteiger partial charge in [0.15, 0.2) is 0 Å². The van der Waals surface area contributed by atoms with Gasteiger partial charge in [0.05, 0.1) is 11.2 Å². The lowest BCUT2D eigenvalue weighted by atomic mass is 9.82. The highest BCUT2D eigenvalue weighted by Gasteiger charge is 2.48. The van der Waals surface area contributed by atoms with Crippen molar-refractivity contribution in [2.24, 2.45) is 11.8 Å². The van der Waals surface area contributed by atoms with Gasteiger partial charge in [-0.2, -0.15) is 0 Å². The maximum atomic E-state index is 13.7. The van der Waals surface area contributed by atoms with Gasteiger partial charge in [0, 0.05) is 22.6 Å². The van der Waals surface area contributed by atoms with Crippen LogP contribution in [0.5, 0.6) is 0 Å². The minimum atomic E-state index is -0.240. The predicted octanol–water partition coefficient (Wildman–Crippen LogP) is 3.34. The van der Waals surface area contributed by atoms with E-state index in [1.807, 2.05) is 6.07 Å². The van der Waals surface area contributed by atoms with Gasteiger partial charge in [-0.1, -0.05) is 12.1 Å². The van der Waals surface area contributed by atoms with Gasteiger partial charge in [-0.3, -0.25) is 11.3 Å². The predicted molar refractivity (Wildman–Crippen MR) is 85.6 cm³/mol. The van der Waals surface area contributed by atoms with Crippen LogP contribution >= 0.6 is 11.8 Å². The van der Waals surface area contributed by atoms with E-state index in [1.165, 1.54) is 17.8 Å². The summed E-state index contributed by atoms with van der Waals surface area (Å²) in [6.45, 7) is 8.41. The zero-order chi connectivity index (χ0) is 15.7. The number of hydrogen-bond acceptors (Lipinski definition) is 4. The van der Waals surface area contributed by atoms with Crippen LogP contribution in [0.15, 0.2) is 29.2 Å². The molecule has 0 aliphatic carbocycles. The molecule has 5 heteroatoms. The SMILES string of the molecule is CC1(C)CC(C(CSc2ccccc2F)NN)C(C)(C)O1. The summed E-state index contributed by atoms with van der Waals surface area (Å²) in [4.78, 5) is 0.661. The van der Waals surface area contributed by atoms with Gasteiger partial charge in [0.25, 0.3) is 0 Å². The maximum absolute atomic E-state index is 13.7. The van der Waals surface area contributed by atoms with E-state index in [0.29, 0.717) is 10.6 Å². The van der Waals surface area contributed by atoms with E-state index in [9.17, 15) is 4.39 Å². The molecule has 3 nitrogen and oxygen atoms in total. The van der Waals surface area contributed by atoms with Crippen molar-refractivity contribution in [3.05, 3.63) is 30.1 Å². The molecule has 0 aromatic heterocycles. The van der Waals surface area contributed by atoms with Crippen molar-refractivity contribution in [3.8, 4) is 0 Å². The summed E-state index contributed by atoms with van der Waals surface area (Å²) in [6, 6.07) is 6.91. The molecule has 0 bridgehead atoms. The van der Waals surface area contributed by atoms with Gasteiger partial charge < -0.3 is 4.74 Å². The number of ether oxygens (including phenoxy) is 1. The maximum Gasteiger partial charge on any atom is 0.136 e. The van der Waals surface area contributed by atoms with Crippen LogP contribution in [0, 0.1) is 11.7 Å². The van der Waals surface area contributed by atoms with Crippen molar-refractivity contribution < 1.29 is 9.13 Å². The molecule has 1 saturated heterocycles. The molecule has 3 N–H and O–H groups in total. The van der Waals surface area contributed by atoms with Crippen LogP contribution in [0.1, 0.15) is 34.1 Å². The zero-order valence-electron chi connectivity index (χ0n) is 13.2. The van der Waals surface area contributed by atoms with E-state index >= 15 is 0 Å². The molecule has 1 aromatic carbocycles. The molecule has 0 spiro atoms. The van der Waals surface area contributed by atoms with Gasteiger partial charge in [-0.25, -0.2) is 4.39 Å². The second kappa shape index (κ2) is 6.24. The van der Waals surface area contributed by atoms with Gasteiger partial charge >= 0.3 is 0 Å². The van der Waals surface area contributed by atoms with Gasteiger partial charge in [-0.15, -0.1) is 11.8 Å². The van der Waals surface area contributed by atoms with Crippen molar-refractivity contribution in [2.45, 2.75) is 56.3 Å². The first kappa shape index (κ1) is 16.7. The standard InChI is InChI=1S/C16H25FN2OS/c1-15(2)9-11(16(3,4)20-15)13(19-18)10-21-14-8-6-5-7-12(14)17/h5-8,11,13,19H,9-10,18H2,1-4H3. The topological polar surface area (TPSA) is 47.3 Å². The highest BCUT2D eigenvalue weighted by atomic mass is 32.2. The van der Waals surface area contributed by atoms with Crippen LogP contribution in [0.3, 0.4) is 0 Å². The molecule has 1 aliphatic rings. The van der Waals surface area contributed by atoms with E-state index in [0.717, 1.165) is 6.42 Å². The van der Waals surface area contributed by atoms with Crippen molar-refractivity contribution in [1.29, 1.82) is 0 Å². The quantitative estimate of drug-likeness (QED) is 0.497. The van der Waals surface area contributed by atoms with E-state index in [-0.39, 0.29) is 29.0 Å². The average molecular weight is 312 g/mol. The Hall–Kier alpha value is -0.620.